The fraction of sp³-hybridized carbons (Fsp3) is 0.0625. The lowest BCUT2D eigenvalue weighted by molar-refractivity contribution is -0.387. The van der Waals surface area contributed by atoms with Crippen LogP contribution in [0.3, 0.4) is 0 Å². The van der Waals surface area contributed by atoms with Gasteiger partial charge in [-0.05, 0) is 36.0 Å². The van der Waals surface area contributed by atoms with Crippen LogP contribution in [0, 0.1) is 10.1 Å². The van der Waals surface area contributed by atoms with Crippen molar-refractivity contribution in [3.8, 4) is 0 Å². The number of carbonyl (C=O) groups excluding carboxylic acids is 1. The summed E-state index contributed by atoms with van der Waals surface area (Å²) in [5, 5.41) is 22.6. The van der Waals surface area contributed by atoms with Crippen LogP contribution >= 0.6 is 23.4 Å². The first-order valence-corrected chi connectivity index (χ1v) is 8.51. The number of benzene rings is 2. The van der Waals surface area contributed by atoms with E-state index in [2.05, 4.69) is 15.5 Å². The third-order valence-corrected chi connectivity index (χ3v) is 4.86. The van der Waals surface area contributed by atoms with Gasteiger partial charge in [0.1, 0.15) is 6.33 Å². The Bertz CT molecular complexity index is 992. The summed E-state index contributed by atoms with van der Waals surface area (Å²) >= 11 is 7.11. The molecule has 0 aliphatic rings. The summed E-state index contributed by atoms with van der Waals surface area (Å²) in [6, 6.07) is 11.0. The Balaban J connectivity index is 1.88. The van der Waals surface area contributed by atoms with Crippen molar-refractivity contribution in [1.82, 2.24) is 14.8 Å². The van der Waals surface area contributed by atoms with Crippen molar-refractivity contribution < 1.29 is 9.72 Å². The number of amides is 1. The Morgan fingerprint density at radius 3 is 2.73 bits per heavy atom. The lowest BCUT2D eigenvalue weighted by Crippen LogP contribution is -2.12. The van der Waals surface area contributed by atoms with Crippen molar-refractivity contribution in [2.75, 3.05) is 5.32 Å². The zero-order valence-electron chi connectivity index (χ0n) is 13.4. The van der Waals surface area contributed by atoms with Gasteiger partial charge in [0.15, 0.2) is 5.16 Å². The first-order valence-electron chi connectivity index (χ1n) is 7.32. The van der Waals surface area contributed by atoms with Gasteiger partial charge >= 0.3 is 0 Å². The molecule has 26 heavy (non-hydrogen) atoms. The van der Waals surface area contributed by atoms with Gasteiger partial charge in [-0.1, -0.05) is 23.7 Å². The van der Waals surface area contributed by atoms with Crippen LogP contribution in [0.5, 0.6) is 0 Å². The molecule has 0 aliphatic carbocycles. The molecule has 0 aliphatic heterocycles. The molecule has 1 amide bonds. The molecule has 0 saturated carbocycles. The molecule has 0 unspecified atom stereocenters. The summed E-state index contributed by atoms with van der Waals surface area (Å²) in [7, 11) is 1.74. The van der Waals surface area contributed by atoms with Crippen LogP contribution in [0.15, 0.2) is 58.8 Å². The van der Waals surface area contributed by atoms with Crippen molar-refractivity contribution >= 4 is 40.6 Å². The normalized spacial score (nSPS) is 10.5. The number of nitro groups is 1. The number of rotatable bonds is 5. The summed E-state index contributed by atoms with van der Waals surface area (Å²) in [4.78, 5) is 23.6. The van der Waals surface area contributed by atoms with Gasteiger partial charge in [0, 0.05) is 18.7 Å². The molecule has 1 N–H and O–H groups in total. The van der Waals surface area contributed by atoms with E-state index in [-0.39, 0.29) is 11.3 Å². The fourth-order valence-electron chi connectivity index (χ4n) is 2.11. The molecule has 132 valence electrons. The quantitative estimate of drug-likeness (QED) is 0.526. The van der Waals surface area contributed by atoms with Crippen LogP contribution in [0.2, 0.25) is 5.02 Å². The number of nitrogens with zero attached hydrogens (tertiary/aromatic N) is 4. The minimum atomic E-state index is -0.537. The predicted octanol–water partition coefficient (Wildman–Crippen LogP) is 3.78. The summed E-state index contributed by atoms with van der Waals surface area (Å²) in [5.41, 5.74) is 0.392. The molecule has 0 atom stereocenters. The van der Waals surface area contributed by atoms with Crippen LogP contribution in [0.25, 0.3) is 0 Å². The smallest absolute Gasteiger partial charge is 0.284 e. The SMILES string of the molecule is Cn1cnnc1Sc1ccc(C(=O)Nc2ccccc2Cl)cc1[N+](=O)[O-]. The van der Waals surface area contributed by atoms with Gasteiger partial charge in [-0.15, -0.1) is 10.2 Å². The van der Waals surface area contributed by atoms with E-state index in [1.54, 1.807) is 35.9 Å². The molecule has 0 radical (unpaired) electrons. The van der Waals surface area contributed by atoms with E-state index in [0.29, 0.717) is 20.8 Å². The molecular formula is C16H12ClN5O3S. The van der Waals surface area contributed by atoms with Crippen molar-refractivity contribution in [3.63, 3.8) is 0 Å². The Morgan fingerprint density at radius 1 is 1.31 bits per heavy atom. The molecule has 1 aromatic heterocycles. The van der Waals surface area contributed by atoms with Gasteiger partial charge in [0.05, 0.1) is 20.5 Å². The van der Waals surface area contributed by atoms with E-state index >= 15 is 0 Å². The van der Waals surface area contributed by atoms with E-state index in [0.717, 1.165) is 11.8 Å². The van der Waals surface area contributed by atoms with Crippen LogP contribution in [-0.2, 0) is 7.05 Å². The topological polar surface area (TPSA) is 103 Å². The number of hydrogen-bond acceptors (Lipinski definition) is 6. The number of aryl methyl sites for hydroxylation is 1. The maximum Gasteiger partial charge on any atom is 0.284 e. The summed E-state index contributed by atoms with van der Waals surface area (Å²) in [5.74, 6) is -0.489. The fourth-order valence-corrected chi connectivity index (χ4v) is 3.14. The van der Waals surface area contributed by atoms with E-state index in [1.165, 1.54) is 24.5 Å². The molecule has 3 rings (SSSR count). The number of carbonyl (C=O) groups is 1. The van der Waals surface area contributed by atoms with E-state index in [9.17, 15) is 14.9 Å². The highest BCUT2D eigenvalue weighted by molar-refractivity contribution is 7.99. The monoisotopic (exact) mass is 389 g/mol. The number of nitrogens with one attached hydrogen (secondary N) is 1. The highest BCUT2D eigenvalue weighted by Crippen LogP contribution is 2.34. The maximum atomic E-state index is 12.4. The Labute approximate surface area is 157 Å². The minimum absolute atomic E-state index is 0.152. The molecule has 0 fully saturated rings. The van der Waals surface area contributed by atoms with Crippen LogP contribution in [-0.4, -0.2) is 25.6 Å². The van der Waals surface area contributed by atoms with Crippen LogP contribution in [0.4, 0.5) is 11.4 Å². The Kier molecular flexibility index (Phi) is 5.19. The molecule has 0 saturated heterocycles. The van der Waals surface area contributed by atoms with Gasteiger partial charge < -0.3 is 9.88 Å². The number of para-hydroxylation sites is 1. The van der Waals surface area contributed by atoms with E-state index in [1.807, 2.05) is 0 Å². The summed E-state index contributed by atoms with van der Waals surface area (Å²) in [6.07, 6.45) is 1.50. The summed E-state index contributed by atoms with van der Waals surface area (Å²) < 4.78 is 1.65. The molecule has 2 aromatic carbocycles. The van der Waals surface area contributed by atoms with Gasteiger partial charge in [0.2, 0.25) is 0 Å². The molecule has 1 heterocycles. The highest BCUT2D eigenvalue weighted by atomic mass is 35.5. The zero-order valence-corrected chi connectivity index (χ0v) is 15.0. The van der Waals surface area contributed by atoms with Crippen molar-refractivity contribution in [2.24, 2.45) is 7.05 Å². The van der Waals surface area contributed by atoms with E-state index in [4.69, 9.17) is 11.6 Å². The predicted molar refractivity (Wildman–Crippen MR) is 97.6 cm³/mol. The molecule has 0 bridgehead atoms. The third kappa shape index (κ3) is 3.84. The molecular weight excluding hydrogens is 378 g/mol. The Hall–Kier alpha value is -2.91. The van der Waals surface area contributed by atoms with E-state index < -0.39 is 10.8 Å². The molecule has 0 spiro atoms. The first kappa shape index (κ1) is 17.9. The van der Waals surface area contributed by atoms with Crippen molar-refractivity contribution in [1.29, 1.82) is 0 Å². The number of hydrogen-bond donors (Lipinski definition) is 1. The number of anilines is 1. The number of aromatic nitrogens is 3. The van der Waals surface area contributed by atoms with Gasteiger partial charge in [-0.2, -0.15) is 0 Å². The van der Waals surface area contributed by atoms with Crippen molar-refractivity contribution in [3.05, 3.63) is 69.5 Å². The van der Waals surface area contributed by atoms with Crippen molar-refractivity contribution in [2.45, 2.75) is 10.1 Å². The zero-order chi connectivity index (χ0) is 18.7. The third-order valence-electron chi connectivity index (χ3n) is 3.41. The number of nitro benzene ring substituents is 1. The van der Waals surface area contributed by atoms with Gasteiger partial charge in [-0.3, -0.25) is 14.9 Å². The second-order valence-electron chi connectivity index (χ2n) is 5.20. The maximum absolute atomic E-state index is 12.4. The lowest BCUT2D eigenvalue weighted by Gasteiger charge is -2.08. The van der Waals surface area contributed by atoms with Gasteiger partial charge in [0.25, 0.3) is 11.6 Å². The second-order valence-corrected chi connectivity index (χ2v) is 6.62. The first-order chi connectivity index (χ1) is 12.5. The molecule has 3 aromatic rings. The van der Waals surface area contributed by atoms with Crippen LogP contribution < -0.4 is 5.32 Å². The second kappa shape index (κ2) is 7.54. The standard InChI is InChI=1S/C16H12ClN5O3S/c1-21-9-18-20-16(21)26-14-7-6-10(8-13(14)22(24)25)15(23)19-12-5-3-2-4-11(12)17/h2-9H,1H3,(H,19,23). The minimum Gasteiger partial charge on any atom is -0.321 e. The molecule has 10 heteroatoms. The summed E-state index contributed by atoms with van der Waals surface area (Å²) in [6.45, 7) is 0. The largest absolute Gasteiger partial charge is 0.321 e. The van der Waals surface area contributed by atoms with Gasteiger partial charge in [-0.25, -0.2) is 0 Å². The lowest BCUT2D eigenvalue weighted by atomic mass is 10.2. The molecule has 8 nitrogen and oxygen atoms in total. The number of halogens is 1. The average Bonchev–Trinajstić information content (AvgIpc) is 3.02. The average molecular weight is 390 g/mol. The highest BCUT2D eigenvalue weighted by Gasteiger charge is 2.20. The van der Waals surface area contributed by atoms with Crippen LogP contribution in [0.1, 0.15) is 10.4 Å². The Morgan fingerprint density at radius 2 is 2.08 bits per heavy atom.